The third-order valence-electron chi connectivity index (χ3n) is 7.86. The normalized spacial score (nSPS) is 14.3. The van der Waals surface area contributed by atoms with E-state index in [1.807, 2.05) is 74.5 Å². The average molecular weight is 592 g/mol. The molecule has 1 fully saturated rings. The molecule has 1 saturated carbocycles. The van der Waals surface area contributed by atoms with Gasteiger partial charge in [-0.1, -0.05) is 73.5 Å². The summed E-state index contributed by atoms with van der Waals surface area (Å²) in [6.45, 7) is 3.48. The van der Waals surface area contributed by atoms with Crippen molar-refractivity contribution < 1.29 is 22.7 Å². The Morgan fingerprint density at radius 1 is 0.976 bits per heavy atom. The first-order chi connectivity index (χ1) is 20.1. The third kappa shape index (κ3) is 7.91. The van der Waals surface area contributed by atoms with Gasteiger partial charge in [-0.25, -0.2) is 8.42 Å². The third-order valence-corrected chi connectivity index (χ3v) is 8.98. The highest BCUT2D eigenvalue weighted by Gasteiger charge is 2.35. The van der Waals surface area contributed by atoms with E-state index in [4.69, 9.17) is 4.74 Å². The van der Waals surface area contributed by atoms with Crippen LogP contribution in [0.25, 0.3) is 0 Å². The standard InChI is InChI=1S/C33H41N3O5S/c1-24-18-19-31(41-3)29(20-24)36(42(4,39)40)23-32(37)35(22-27-15-9-8-12-25(27)2)30(21-26-13-6-5-7-14-26)33(38)34-28-16-10-11-17-28/h5-9,12-15,18-20,28,30H,10-11,16-17,21-23H2,1-4H3,(H,34,38)/t30-/m0/s1. The second-order valence-electron chi connectivity index (χ2n) is 11.1. The van der Waals surface area contributed by atoms with E-state index in [-0.39, 0.29) is 24.2 Å². The molecule has 2 amide bonds. The van der Waals surface area contributed by atoms with Gasteiger partial charge in [-0.15, -0.1) is 0 Å². The molecule has 1 atom stereocenters. The van der Waals surface area contributed by atoms with Crippen molar-refractivity contribution in [1.82, 2.24) is 10.2 Å². The van der Waals surface area contributed by atoms with Crippen molar-refractivity contribution in [2.75, 3.05) is 24.2 Å². The van der Waals surface area contributed by atoms with Crippen molar-refractivity contribution in [3.63, 3.8) is 0 Å². The molecule has 0 unspecified atom stereocenters. The van der Waals surface area contributed by atoms with Crippen LogP contribution >= 0.6 is 0 Å². The van der Waals surface area contributed by atoms with Crippen LogP contribution in [-0.4, -0.2) is 57.1 Å². The number of methoxy groups -OCH3 is 1. The van der Waals surface area contributed by atoms with Crippen LogP contribution in [0.15, 0.2) is 72.8 Å². The summed E-state index contributed by atoms with van der Waals surface area (Å²) in [6, 6.07) is 21.7. The molecule has 42 heavy (non-hydrogen) atoms. The van der Waals surface area contributed by atoms with Gasteiger partial charge in [0.05, 0.1) is 19.1 Å². The number of carbonyl (C=O) groups excluding carboxylic acids is 2. The summed E-state index contributed by atoms with van der Waals surface area (Å²) in [7, 11) is -2.43. The van der Waals surface area contributed by atoms with Crippen molar-refractivity contribution in [3.8, 4) is 5.75 Å². The van der Waals surface area contributed by atoms with E-state index < -0.39 is 28.5 Å². The van der Waals surface area contributed by atoms with Crippen LogP contribution in [0.4, 0.5) is 5.69 Å². The van der Waals surface area contributed by atoms with Gasteiger partial charge in [-0.3, -0.25) is 13.9 Å². The first-order valence-corrected chi connectivity index (χ1v) is 16.2. The van der Waals surface area contributed by atoms with Crippen molar-refractivity contribution >= 4 is 27.5 Å². The van der Waals surface area contributed by atoms with Gasteiger partial charge in [0.1, 0.15) is 18.3 Å². The lowest BCUT2D eigenvalue weighted by atomic mass is 10.0. The lowest BCUT2D eigenvalue weighted by Gasteiger charge is -2.34. The monoisotopic (exact) mass is 591 g/mol. The Bertz CT molecular complexity index is 1490. The van der Waals surface area contributed by atoms with Gasteiger partial charge < -0.3 is 15.0 Å². The molecule has 0 aliphatic heterocycles. The summed E-state index contributed by atoms with van der Waals surface area (Å²) >= 11 is 0. The predicted molar refractivity (Wildman–Crippen MR) is 166 cm³/mol. The number of hydrogen-bond acceptors (Lipinski definition) is 5. The summed E-state index contributed by atoms with van der Waals surface area (Å²) < 4.78 is 32.8. The summed E-state index contributed by atoms with van der Waals surface area (Å²) in [5.41, 5.74) is 3.87. The molecule has 1 aliphatic rings. The minimum atomic E-state index is -3.90. The first-order valence-electron chi connectivity index (χ1n) is 14.4. The summed E-state index contributed by atoms with van der Waals surface area (Å²) in [5, 5.41) is 3.19. The van der Waals surface area contributed by atoms with E-state index in [0.29, 0.717) is 12.2 Å². The van der Waals surface area contributed by atoms with Gasteiger partial charge in [0.15, 0.2) is 0 Å². The van der Waals surface area contributed by atoms with Gasteiger partial charge >= 0.3 is 0 Å². The topological polar surface area (TPSA) is 96.0 Å². The van der Waals surface area contributed by atoms with Crippen molar-refractivity contribution in [1.29, 1.82) is 0 Å². The van der Waals surface area contributed by atoms with Gasteiger partial charge in [0.25, 0.3) is 0 Å². The highest BCUT2D eigenvalue weighted by atomic mass is 32.2. The molecular formula is C33H41N3O5S. The van der Waals surface area contributed by atoms with Crippen molar-refractivity contribution in [3.05, 3.63) is 95.1 Å². The second-order valence-corrected chi connectivity index (χ2v) is 13.0. The molecule has 224 valence electrons. The fourth-order valence-electron chi connectivity index (χ4n) is 5.48. The minimum absolute atomic E-state index is 0.0651. The van der Waals surface area contributed by atoms with Crippen LogP contribution in [0.3, 0.4) is 0 Å². The van der Waals surface area contributed by atoms with E-state index >= 15 is 0 Å². The largest absolute Gasteiger partial charge is 0.495 e. The number of carbonyl (C=O) groups is 2. The predicted octanol–water partition coefficient (Wildman–Crippen LogP) is 4.78. The molecular weight excluding hydrogens is 550 g/mol. The second kappa shape index (κ2) is 13.9. The number of nitrogens with one attached hydrogen (secondary N) is 1. The zero-order valence-corrected chi connectivity index (χ0v) is 25.7. The van der Waals surface area contributed by atoms with Crippen LogP contribution in [0.5, 0.6) is 5.75 Å². The van der Waals surface area contributed by atoms with Crippen LogP contribution in [-0.2, 0) is 32.6 Å². The van der Waals surface area contributed by atoms with E-state index in [1.54, 1.807) is 17.0 Å². The highest BCUT2D eigenvalue weighted by Crippen LogP contribution is 2.31. The molecule has 9 heteroatoms. The maximum absolute atomic E-state index is 14.3. The Hall–Kier alpha value is -3.85. The number of amides is 2. The fraction of sp³-hybridized carbons (Fsp3) is 0.394. The number of benzene rings is 3. The van der Waals surface area contributed by atoms with Gasteiger partial charge in [-0.2, -0.15) is 0 Å². The van der Waals surface area contributed by atoms with Crippen molar-refractivity contribution in [2.45, 2.75) is 64.6 Å². The molecule has 1 aliphatic carbocycles. The van der Waals surface area contributed by atoms with Crippen LogP contribution in [0.2, 0.25) is 0 Å². The van der Waals surface area contributed by atoms with Gasteiger partial charge in [-0.05, 0) is 61.1 Å². The molecule has 8 nitrogen and oxygen atoms in total. The van der Waals surface area contributed by atoms with Crippen molar-refractivity contribution in [2.24, 2.45) is 0 Å². The number of hydrogen-bond donors (Lipinski definition) is 1. The lowest BCUT2D eigenvalue weighted by Crippen LogP contribution is -2.54. The highest BCUT2D eigenvalue weighted by molar-refractivity contribution is 7.92. The number of sulfonamides is 1. The Kier molecular flexibility index (Phi) is 10.3. The molecule has 0 saturated heterocycles. The van der Waals surface area contributed by atoms with Gasteiger partial charge in [0, 0.05) is 19.0 Å². The smallest absolute Gasteiger partial charge is 0.244 e. The number of anilines is 1. The average Bonchev–Trinajstić information content (AvgIpc) is 3.47. The van der Waals surface area contributed by atoms with Gasteiger partial charge in [0.2, 0.25) is 21.8 Å². The maximum atomic E-state index is 14.3. The van der Waals surface area contributed by atoms with E-state index in [2.05, 4.69) is 5.32 Å². The number of rotatable bonds is 12. The summed E-state index contributed by atoms with van der Waals surface area (Å²) in [6.07, 6.45) is 5.30. The molecule has 0 bridgehead atoms. The fourth-order valence-corrected chi connectivity index (χ4v) is 6.33. The van der Waals surface area contributed by atoms with Crippen LogP contribution in [0, 0.1) is 13.8 Å². The van der Waals surface area contributed by atoms with Crippen LogP contribution in [0.1, 0.15) is 47.9 Å². The Morgan fingerprint density at radius 3 is 2.29 bits per heavy atom. The van der Waals surface area contributed by atoms with Crippen LogP contribution < -0.4 is 14.4 Å². The maximum Gasteiger partial charge on any atom is 0.244 e. The molecule has 0 radical (unpaired) electrons. The number of ether oxygens (including phenoxy) is 1. The lowest BCUT2D eigenvalue weighted by molar-refractivity contribution is -0.140. The number of aryl methyl sites for hydroxylation is 2. The van der Waals surface area contributed by atoms with E-state index in [9.17, 15) is 18.0 Å². The van der Waals surface area contributed by atoms with E-state index in [1.165, 1.54) is 7.11 Å². The zero-order valence-electron chi connectivity index (χ0n) is 24.9. The Labute approximate surface area is 249 Å². The summed E-state index contributed by atoms with van der Waals surface area (Å²) in [5.74, 6) is -0.370. The first kappa shape index (κ1) is 31.1. The SMILES string of the molecule is COc1ccc(C)cc1N(CC(=O)N(Cc1ccccc1C)[C@@H](Cc1ccccc1)C(=O)NC1CCCC1)S(C)(=O)=O. The molecule has 0 heterocycles. The molecule has 1 N–H and O–H groups in total. The quantitative estimate of drug-likeness (QED) is 0.327. The molecule has 0 aromatic heterocycles. The molecule has 3 aromatic rings. The molecule has 3 aromatic carbocycles. The summed E-state index contributed by atoms with van der Waals surface area (Å²) in [4.78, 5) is 29.9. The number of nitrogens with zero attached hydrogens (tertiary/aromatic N) is 2. The molecule has 0 spiro atoms. The molecule has 4 rings (SSSR count). The zero-order chi connectivity index (χ0) is 30.3. The Morgan fingerprint density at radius 2 is 1.64 bits per heavy atom. The minimum Gasteiger partial charge on any atom is -0.495 e. The van der Waals surface area contributed by atoms with E-state index in [0.717, 1.165) is 58.5 Å². The Balaban J connectivity index is 1.76.